The number of hydrogen-bond acceptors (Lipinski definition) is 4. The molecule has 1 amide bonds. The van der Waals surface area contributed by atoms with E-state index >= 15 is 0 Å². The van der Waals surface area contributed by atoms with Crippen molar-refractivity contribution in [2.45, 2.75) is 45.7 Å². The number of piperidine rings is 1. The summed E-state index contributed by atoms with van der Waals surface area (Å²) < 4.78 is 3.86. The Hall–Kier alpha value is -2.70. The first kappa shape index (κ1) is 15.8. The van der Waals surface area contributed by atoms with E-state index in [1.54, 1.807) is 12.4 Å². The quantitative estimate of drug-likeness (QED) is 0.735. The molecule has 1 atom stereocenters. The summed E-state index contributed by atoms with van der Waals surface area (Å²) in [6, 6.07) is 2.10. The number of carbonyl (C=O) groups is 1. The fourth-order valence-corrected chi connectivity index (χ4v) is 3.60. The number of likely N-dealkylation sites (tertiary alicyclic amines) is 1. The first-order chi connectivity index (χ1) is 12.1. The molecule has 7 heteroatoms. The monoisotopic (exact) mass is 338 g/mol. The highest BCUT2D eigenvalue weighted by atomic mass is 16.2. The Bertz CT molecular complexity index is 911. The number of imidazole rings is 2. The molecule has 1 saturated heterocycles. The third kappa shape index (κ3) is 2.90. The average molecular weight is 338 g/mol. The molecule has 1 fully saturated rings. The molecule has 130 valence electrons. The van der Waals surface area contributed by atoms with Crippen LogP contribution in [0.5, 0.6) is 0 Å². The lowest BCUT2D eigenvalue weighted by Gasteiger charge is -2.35. The molecular weight excluding hydrogens is 316 g/mol. The molecule has 0 N–H and O–H groups in total. The van der Waals surface area contributed by atoms with Gasteiger partial charge >= 0.3 is 0 Å². The van der Waals surface area contributed by atoms with Crippen LogP contribution in [0, 0.1) is 13.8 Å². The molecule has 0 saturated carbocycles. The second-order valence-electron chi connectivity index (χ2n) is 6.62. The predicted octanol–water partition coefficient (Wildman–Crippen LogP) is 2.30. The van der Waals surface area contributed by atoms with E-state index in [1.807, 2.05) is 40.1 Å². The molecule has 1 aliphatic rings. The van der Waals surface area contributed by atoms with Crippen LogP contribution < -0.4 is 0 Å². The summed E-state index contributed by atoms with van der Waals surface area (Å²) in [6.45, 7) is 5.06. The molecule has 3 aromatic heterocycles. The second-order valence-corrected chi connectivity index (χ2v) is 6.62. The van der Waals surface area contributed by atoms with Gasteiger partial charge in [0.1, 0.15) is 12.4 Å². The zero-order valence-corrected chi connectivity index (χ0v) is 14.6. The van der Waals surface area contributed by atoms with Crippen LogP contribution in [0.15, 0.2) is 30.9 Å². The summed E-state index contributed by atoms with van der Waals surface area (Å²) in [7, 11) is 0. The SMILES string of the molecule is Cc1nccn1CC(=O)N1CCCC[C@@H]1c1cc(C)n2ccnc2n1. The Labute approximate surface area is 146 Å². The topological polar surface area (TPSA) is 68.3 Å². The molecule has 0 spiro atoms. The van der Waals surface area contributed by atoms with E-state index in [0.717, 1.165) is 43.0 Å². The van der Waals surface area contributed by atoms with Crippen molar-refractivity contribution in [2.75, 3.05) is 6.54 Å². The van der Waals surface area contributed by atoms with Crippen LogP contribution in [0.4, 0.5) is 0 Å². The number of rotatable bonds is 3. The minimum absolute atomic E-state index is 0.0190. The third-order valence-corrected chi connectivity index (χ3v) is 4.98. The fraction of sp³-hybridized carbons (Fsp3) is 0.444. The summed E-state index contributed by atoms with van der Waals surface area (Å²) in [6.07, 6.45) is 10.3. The maximum absolute atomic E-state index is 12.9. The highest BCUT2D eigenvalue weighted by Gasteiger charge is 2.29. The minimum Gasteiger partial charge on any atom is -0.333 e. The summed E-state index contributed by atoms with van der Waals surface area (Å²) >= 11 is 0. The van der Waals surface area contributed by atoms with Gasteiger partial charge in [-0.25, -0.2) is 15.0 Å². The molecule has 3 aromatic rings. The maximum atomic E-state index is 12.9. The summed E-state index contributed by atoms with van der Waals surface area (Å²) in [4.78, 5) is 28.1. The predicted molar refractivity (Wildman–Crippen MR) is 93.0 cm³/mol. The smallest absolute Gasteiger partial charge is 0.243 e. The summed E-state index contributed by atoms with van der Waals surface area (Å²) in [5.41, 5.74) is 2.02. The van der Waals surface area contributed by atoms with Crippen molar-refractivity contribution in [3.8, 4) is 0 Å². The molecule has 1 aliphatic heterocycles. The Morgan fingerprint density at radius 2 is 2.04 bits per heavy atom. The number of aryl methyl sites for hydroxylation is 2. The molecule has 0 unspecified atom stereocenters. The number of carbonyl (C=O) groups excluding carboxylic acids is 1. The molecule has 4 rings (SSSR count). The van der Waals surface area contributed by atoms with Gasteiger partial charge in [0.2, 0.25) is 11.7 Å². The Morgan fingerprint density at radius 3 is 2.84 bits per heavy atom. The van der Waals surface area contributed by atoms with Gasteiger partial charge in [0, 0.05) is 37.0 Å². The van der Waals surface area contributed by atoms with Crippen LogP contribution in [0.1, 0.15) is 42.5 Å². The van der Waals surface area contributed by atoms with Crippen LogP contribution >= 0.6 is 0 Å². The Kier molecular flexibility index (Phi) is 3.99. The number of hydrogen-bond donors (Lipinski definition) is 0. The number of nitrogens with zero attached hydrogens (tertiary/aromatic N) is 6. The van der Waals surface area contributed by atoms with Crippen molar-refractivity contribution in [2.24, 2.45) is 0 Å². The lowest BCUT2D eigenvalue weighted by Crippen LogP contribution is -2.40. The first-order valence-corrected chi connectivity index (χ1v) is 8.71. The lowest BCUT2D eigenvalue weighted by molar-refractivity contribution is -0.135. The van der Waals surface area contributed by atoms with Crippen LogP contribution in [-0.2, 0) is 11.3 Å². The molecule has 7 nitrogen and oxygen atoms in total. The van der Waals surface area contributed by atoms with Gasteiger partial charge in [-0.2, -0.15) is 0 Å². The summed E-state index contributed by atoms with van der Waals surface area (Å²) in [5, 5.41) is 0. The van der Waals surface area contributed by atoms with Gasteiger partial charge in [-0.1, -0.05) is 0 Å². The van der Waals surface area contributed by atoms with E-state index in [0.29, 0.717) is 12.3 Å². The van der Waals surface area contributed by atoms with Crippen molar-refractivity contribution in [3.63, 3.8) is 0 Å². The van der Waals surface area contributed by atoms with Crippen LogP contribution in [0.3, 0.4) is 0 Å². The maximum Gasteiger partial charge on any atom is 0.243 e. The molecule has 0 aromatic carbocycles. The zero-order valence-electron chi connectivity index (χ0n) is 14.6. The van der Waals surface area contributed by atoms with E-state index in [4.69, 9.17) is 4.98 Å². The Morgan fingerprint density at radius 1 is 1.20 bits per heavy atom. The molecule has 0 aliphatic carbocycles. The van der Waals surface area contributed by atoms with Gasteiger partial charge in [0.15, 0.2) is 0 Å². The number of aromatic nitrogens is 5. The van der Waals surface area contributed by atoms with E-state index in [-0.39, 0.29) is 11.9 Å². The van der Waals surface area contributed by atoms with Gasteiger partial charge < -0.3 is 9.47 Å². The van der Waals surface area contributed by atoms with Gasteiger partial charge in [-0.3, -0.25) is 9.20 Å². The lowest BCUT2D eigenvalue weighted by atomic mass is 9.98. The van der Waals surface area contributed by atoms with E-state index in [2.05, 4.69) is 16.0 Å². The van der Waals surface area contributed by atoms with Crippen LogP contribution in [-0.4, -0.2) is 41.3 Å². The van der Waals surface area contributed by atoms with Crippen molar-refractivity contribution in [1.29, 1.82) is 0 Å². The second kappa shape index (κ2) is 6.31. The van der Waals surface area contributed by atoms with Gasteiger partial charge in [0.25, 0.3) is 0 Å². The van der Waals surface area contributed by atoms with E-state index in [1.165, 1.54) is 0 Å². The van der Waals surface area contributed by atoms with E-state index in [9.17, 15) is 4.79 Å². The summed E-state index contributed by atoms with van der Waals surface area (Å²) in [5.74, 6) is 1.67. The van der Waals surface area contributed by atoms with Crippen molar-refractivity contribution < 1.29 is 4.79 Å². The number of amides is 1. The Balaban J connectivity index is 1.63. The van der Waals surface area contributed by atoms with Crippen molar-refractivity contribution in [1.82, 2.24) is 28.8 Å². The van der Waals surface area contributed by atoms with Crippen molar-refractivity contribution >= 4 is 11.7 Å². The van der Waals surface area contributed by atoms with Crippen LogP contribution in [0.25, 0.3) is 5.78 Å². The molecular formula is C18H22N6O. The van der Waals surface area contributed by atoms with E-state index < -0.39 is 0 Å². The molecule has 0 radical (unpaired) electrons. The third-order valence-electron chi connectivity index (χ3n) is 4.98. The highest BCUT2D eigenvalue weighted by Crippen LogP contribution is 2.30. The molecule has 25 heavy (non-hydrogen) atoms. The fourth-order valence-electron chi connectivity index (χ4n) is 3.60. The normalized spacial score (nSPS) is 18.0. The standard InChI is InChI=1S/C18H22N6O/c1-13-11-15(21-18-20-7-10-23(13)18)16-5-3-4-8-24(16)17(25)12-22-9-6-19-14(22)2/h6-7,9-11,16H,3-5,8,12H2,1-2H3/t16-/m1/s1. The minimum atomic E-state index is 0.0190. The van der Waals surface area contributed by atoms with Gasteiger partial charge in [-0.15, -0.1) is 0 Å². The van der Waals surface area contributed by atoms with Crippen LogP contribution in [0.2, 0.25) is 0 Å². The van der Waals surface area contributed by atoms with Gasteiger partial charge in [0.05, 0.1) is 11.7 Å². The largest absolute Gasteiger partial charge is 0.333 e. The molecule has 0 bridgehead atoms. The first-order valence-electron chi connectivity index (χ1n) is 8.71. The number of fused-ring (bicyclic) bond motifs is 1. The van der Waals surface area contributed by atoms with Gasteiger partial charge in [-0.05, 0) is 39.2 Å². The average Bonchev–Trinajstić information content (AvgIpc) is 3.24. The zero-order chi connectivity index (χ0) is 17.4. The van der Waals surface area contributed by atoms with Crippen molar-refractivity contribution in [3.05, 3.63) is 48.1 Å². The highest BCUT2D eigenvalue weighted by molar-refractivity contribution is 5.76. The molecule has 4 heterocycles.